The molecule has 4 rings (SSSR count). The number of allylic oxidation sites excluding steroid dienone is 1. The van der Waals surface area contributed by atoms with Crippen molar-refractivity contribution in [2.45, 2.75) is 37.6 Å². The molecule has 0 bridgehead atoms. The minimum Gasteiger partial charge on any atom is -0.402 e. The molecule has 1 fully saturated rings. The highest BCUT2D eigenvalue weighted by Crippen LogP contribution is 2.31. The van der Waals surface area contributed by atoms with Crippen molar-refractivity contribution in [3.05, 3.63) is 64.8 Å². The fourth-order valence-electron chi connectivity index (χ4n) is 4.84. The number of aryl methyl sites for hydroxylation is 1. The molecule has 0 spiro atoms. The van der Waals surface area contributed by atoms with Gasteiger partial charge in [0.15, 0.2) is 0 Å². The number of rotatable bonds is 6. The summed E-state index contributed by atoms with van der Waals surface area (Å²) < 4.78 is 26.9. The summed E-state index contributed by atoms with van der Waals surface area (Å²) in [6, 6.07) is 11.9. The van der Waals surface area contributed by atoms with Crippen LogP contribution in [0.3, 0.4) is 0 Å². The summed E-state index contributed by atoms with van der Waals surface area (Å²) in [5, 5.41) is 0.713. The van der Waals surface area contributed by atoms with Crippen LogP contribution in [0.5, 0.6) is 0 Å². The molecule has 2 aromatic carbocycles. The second kappa shape index (κ2) is 11.0. The third-order valence-corrected chi connectivity index (χ3v) is 8.32. The number of sulfonamides is 1. The molecule has 0 aliphatic carbocycles. The first-order valence-corrected chi connectivity index (χ1v) is 14.1. The van der Waals surface area contributed by atoms with Crippen LogP contribution >= 0.6 is 11.6 Å². The highest BCUT2D eigenvalue weighted by atomic mass is 35.5. The average molecular weight is 550 g/mol. The number of halogens is 1. The number of benzene rings is 2. The van der Waals surface area contributed by atoms with E-state index in [0.717, 1.165) is 36.8 Å². The summed E-state index contributed by atoms with van der Waals surface area (Å²) in [6.07, 6.45) is 2.97. The molecule has 0 saturated carbocycles. The Kier molecular flexibility index (Phi) is 7.99. The minimum atomic E-state index is -4.00. The molecule has 0 aromatic heterocycles. The molecule has 2 aromatic rings. The normalized spacial score (nSPS) is 17.3. The number of hydrogen-bond donors (Lipinski definition) is 2. The van der Waals surface area contributed by atoms with E-state index >= 15 is 0 Å². The Morgan fingerprint density at radius 2 is 1.76 bits per heavy atom. The number of nitrogens with one attached hydrogen (secondary N) is 1. The van der Waals surface area contributed by atoms with E-state index in [9.17, 15) is 18.0 Å². The molecular weight excluding hydrogens is 514 g/mol. The Bertz CT molecular complexity index is 1310. The summed E-state index contributed by atoms with van der Waals surface area (Å²) in [5.41, 5.74) is 8.75. The molecule has 1 atom stereocenters. The van der Waals surface area contributed by atoms with Crippen molar-refractivity contribution in [3.63, 3.8) is 0 Å². The third-order valence-electron chi connectivity index (χ3n) is 6.72. The Morgan fingerprint density at radius 1 is 1.08 bits per heavy atom. The van der Waals surface area contributed by atoms with Crippen LogP contribution in [-0.4, -0.2) is 63.9 Å². The summed E-state index contributed by atoms with van der Waals surface area (Å²) in [4.78, 5) is 31.3. The Hall–Kier alpha value is -3.24. The standard InChI is InChI=1S/C26H32ClN5O4S.2H2/c1-18(28)16-25(33)29-37(35,36)23-8-6-22(7-9-23)30-12-14-31(15-13-30)26(34)19(2)32-11-3-4-20-17-21(27)5-10-24(20)32;;/h5-10,16-17,19H,3-4,11-15,28H2,1-2H3,(H,29,33);2*1H/t19-;;/m1../s1. The average Bonchev–Trinajstić information content (AvgIpc) is 2.86. The van der Waals surface area contributed by atoms with Gasteiger partial charge in [0.1, 0.15) is 6.04 Å². The van der Waals surface area contributed by atoms with E-state index in [2.05, 4.69) is 9.80 Å². The maximum Gasteiger partial charge on any atom is 0.264 e. The first-order chi connectivity index (χ1) is 17.5. The molecular formula is C26H36ClN5O4S. The SMILES string of the molecule is CC(N)=CC(=O)NS(=O)(=O)c1ccc(N2CCN(C(=O)[C@@H](C)N3CCCc4cc(Cl)ccc43)CC2)cc1.[HH].[HH]. The van der Waals surface area contributed by atoms with E-state index in [-0.39, 0.29) is 25.4 Å². The maximum atomic E-state index is 13.4. The van der Waals surface area contributed by atoms with Gasteiger partial charge >= 0.3 is 0 Å². The number of anilines is 2. The largest absolute Gasteiger partial charge is 0.402 e. The van der Waals surface area contributed by atoms with Crippen LogP contribution in [-0.2, 0) is 26.0 Å². The van der Waals surface area contributed by atoms with Crippen LogP contribution in [0.25, 0.3) is 0 Å². The molecule has 9 nitrogen and oxygen atoms in total. The lowest BCUT2D eigenvalue weighted by Gasteiger charge is -2.41. The van der Waals surface area contributed by atoms with Crippen LogP contribution in [0, 0.1) is 0 Å². The van der Waals surface area contributed by atoms with Crippen molar-refractivity contribution >= 4 is 44.8 Å². The summed E-state index contributed by atoms with van der Waals surface area (Å²) >= 11 is 6.17. The monoisotopic (exact) mass is 549 g/mol. The van der Waals surface area contributed by atoms with E-state index in [1.54, 1.807) is 12.1 Å². The number of nitrogens with zero attached hydrogens (tertiary/aromatic N) is 3. The highest BCUT2D eigenvalue weighted by Gasteiger charge is 2.31. The van der Waals surface area contributed by atoms with Crippen LogP contribution in [0.4, 0.5) is 11.4 Å². The number of nitrogens with two attached hydrogens (primary N) is 1. The minimum absolute atomic E-state index is 0. The molecule has 2 aliphatic heterocycles. The zero-order chi connectivity index (χ0) is 26.7. The maximum absolute atomic E-state index is 13.4. The van der Waals surface area contributed by atoms with Crippen molar-refractivity contribution < 1.29 is 20.9 Å². The Balaban J connectivity index is 0.00000267. The van der Waals surface area contributed by atoms with E-state index in [1.807, 2.05) is 34.7 Å². The van der Waals surface area contributed by atoms with Crippen LogP contribution in [0.1, 0.15) is 28.7 Å². The number of piperazine rings is 1. The van der Waals surface area contributed by atoms with Crippen LogP contribution in [0.2, 0.25) is 5.02 Å². The van der Waals surface area contributed by atoms with Gasteiger partial charge in [0.25, 0.3) is 15.9 Å². The lowest BCUT2D eigenvalue weighted by atomic mass is 10.00. The van der Waals surface area contributed by atoms with Crippen LogP contribution in [0.15, 0.2) is 59.1 Å². The topological polar surface area (TPSA) is 116 Å². The van der Waals surface area contributed by atoms with Gasteiger partial charge in [0.2, 0.25) is 5.91 Å². The molecule has 2 aliphatic rings. The van der Waals surface area contributed by atoms with Gasteiger partial charge in [-0.15, -0.1) is 0 Å². The molecule has 37 heavy (non-hydrogen) atoms. The predicted octanol–water partition coefficient (Wildman–Crippen LogP) is 2.99. The fraction of sp³-hybridized carbons (Fsp3) is 0.385. The molecule has 11 heteroatoms. The molecule has 2 amide bonds. The Labute approximate surface area is 225 Å². The van der Waals surface area contributed by atoms with Gasteiger partial charge in [-0.3, -0.25) is 9.59 Å². The van der Waals surface area contributed by atoms with Gasteiger partial charge in [0.05, 0.1) is 4.90 Å². The molecule has 3 N–H and O–H groups in total. The van der Waals surface area contributed by atoms with E-state index < -0.39 is 15.9 Å². The van der Waals surface area contributed by atoms with Crippen molar-refractivity contribution in [1.29, 1.82) is 0 Å². The zero-order valence-electron chi connectivity index (χ0n) is 21.0. The summed E-state index contributed by atoms with van der Waals surface area (Å²) in [5.74, 6) is -0.697. The quantitative estimate of drug-likeness (QED) is 0.532. The van der Waals surface area contributed by atoms with Crippen LogP contribution < -0.4 is 20.3 Å². The van der Waals surface area contributed by atoms with Crippen molar-refractivity contribution in [2.24, 2.45) is 5.73 Å². The number of amides is 2. The van der Waals surface area contributed by atoms with E-state index in [0.29, 0.717) is 31.2 Å². The number of hydrogen-bond acceptors (Lipinski definition) is 7. The molecule has 0 unspecified atom stereocenters. The molecule has 1 saturated heterocycles. The predicted molar refractivity (Wildman–Crippen MR) is 149 cm³/mol. The van der Waals surface area contributed by atoms with Crippen molar-refractivity contribution in [2.75, 3.05) is 42.5 Å². The van der Waals surface area contributed by atoms with Gasteiger partial charge < -0.3 is 20.4 Å². The lowest BCUT2D eigenvalue weighted by molar-refractivity contribution is -0.132. The van der Waals surface area contributed by atoms with Gasteiger partial charge in [-0.2, -0.15) is 0 Å². The lowest BCUT2D eigenvalue weighted by Crippen LogP contribution is -2.55. The number of fused-ring (bicyclic) bond motifs is 1. The first kappa shape index (κ1) is 26.8. The smallest absolute Gasteiger partial charge is 0.264 e. The Morgan fingerprint density at radius 3 is 2.41 bits per heavy atom. The zero-order valence-corrected chi connectivity index (χ0v) is 22.6. The highest BCUT2D eigenvalue weighted by molar-refractivity contribution is 7.90. The summed E-state index contributed by atoms with van der Waals surface area (Å²) in [7, 11) is -4.00. The van der Waals surface area contributed by atoms with Gasteiger partial charge in [-0.1, -0.05) is 11.6 Å². The van der Waals surface area contributed by atoms with Crippen molar-refractivity contribution in [3.8, 4) is 0 Å². The molecule has 202 valence electrons. The number of carbonyl (C=O) groups excluding carboxylic acids is 2. The molecule has 2 heterocycles. The number of carbonyl (C=O) groups is 2. The molecule has 0 radical (unpaired) electrons. The first-order valence-electron chi connectivity index (χ1n) is 12.2. The summed E-state index contributed by atoms with van der Waals surface area (Å²) in [6.45, 7) is 6.71. The fourth-order valence-corrected chi connectivity index (χ4v) is 5.97. The van der Waals surface area contributed by atoms with Gasteiger partial charge in [0, 0.05) is 63.7 Å². The second-order valence-electron chi connectivity index (χ2n) is 9.41. The van der Waals surface area contributed by atoms with Gasteiger partial charge in [-0.05, 0) is 74.7 Å². The van der Waals surface area contributed by atoms with Crippen molar-refractivity contribution in [1.82, 2.24) is 9.62 Å². The second-order valence-corrected chi connectivity index (χ2v) is 11.5. The van der Waals surface area contributed by atoms with Gasteiger partial charge in [-0.25, -0.2) is 13.1 Å². The van der Waals surface area contributed by atoms with E-state index in [1.165, 1.54) is 24.6 Å². The third kappa shape index (κ3) is 6.19. The van der Waals surface area contributed by atoms with E-state index in [4.69, 9.17) is 17.3 Å².